The number of alkyl halides is 3. The lowest BCUT2D eigenvalue weighted by molar-refractivity contribution is -0.137. The number of rotatable bonds is 10. The quantitative estimate of drug-likeness (QED) is 0.274. The number of amides is 1. The lowest BCUT2D eigenvalue weighted by Crippen LogP contribution is -2.52. The molecule has 198 valence electrons. The second kappa shape index (κ2) is 11.5. The van der Waals surface area contributed by atoms with Gasteiger partial charge in [-0.1, -0.05) is 36.4 Å². The highest BCUT2D eigenvalue weighted by Crippen LogP contribution is 2.36. The second-order valence-electron chi connectivity index (χ2n) is 8.53. The van der Waals surface area contributed by atoms with Gasteiger partial charge in [0.05, 0.1) is 18.8 Å². The van der Waals surface area contributed by atoms with E-state index in [1.54, 1.807) is 42.5 Å². The molecule has 0 bridgehead atoms. The number of phosphoric ester groups is 1. The van der Waals surface area contributed by atoms with E-state index in [0.29, 0.717) is 35.6 Å². The Hall–Kier alpha value is -3.21. The summed E-state index contributed by atoms with van der Waals surface area (Å²) in [6.07, 6.45) is -3.84. The van der Waals surface area contributed by atoms with Crippen molar-refractivity contribution in [1.82, 2.24) is 0 Å². The van der Waals surface area contributed by atoms with Crippen molar-refractivity contribution in [3.8, 4) is 16.9 Å². The first kappa shape index (κ1) is 28.4. The Kier molecular flexibility index (Phi) is 8.78. The van der Waals surface area contributed by atoms with Gasteiger partial charge in [-0.2, -0.15) is 13.2 Å². The summed E-state index contributed by atoms with van der Waals surface area (Å²) in [7, 11) is -4.76. The topological polar surface area (TPSA) is 131 Å². The average Bonchev–Trinajstić information content (AvgIpc) is 2.83. The largest absolute Gasteiger partial charge is 0.493 e. The molecule has 1 atom stereocenters. The van der Waals surface area contributed by atoms with Gasteiger partial charge in [0.25, 0.3) is 0 Å². The number of hydrogen-bond acceptors (Lipinski definition) is 5. The number of carbonyl (C=O) groups is 1. The van der Waals surface area contributed by atoms with Crippen LogP contribution in [0.2, 0.25) is 0 Å². The number of carbonyl (C=O) groups excluding carboxylic acids is 1. The predicted octanol–water partition coefficient (Wildman–Crippen LogP) is 4.76. The van der Waals surface area contributed by atoms with E-state index in [0.717, 1.165) is 17.7 Å². The van der Waals surface area contributed by atoms with Crippen molar-refractivity contribution in [2.45, 2.75) is 25.1 Å². The van der Waals surface area contributed by atoms with Crippen molar-refractivity contribution in [2.75, 3.05) is 18.5 Å². The Morgan fingerprint density at radius 3 is 2.24 bits per heavy atom. The summed E-state index contributed by atoms with van der Waals surface area (Å²) >= 11 is 0. The minimum atomic E-state index is -4.76. The summed E-state index contributed by atoms with van der Waals surface area (Å²) in [5.41, 5.74) is 5.91. The van der Waals surface area contributed by atoms with E-state index in [9.17, 15) is 22.5 Å². The van der Waals surface area contributed by atoms with Gasteiger partial charge in [0.15, 0.2) is 0 Å². The molecule has 0 saturated heterocycles. The Morgan fingerprint density at radius 2 is 1.65 bits per heavy atom. The molecule has 1 amide bonds. The number of ether oxygens (including phenoxy) is 1. The van der Waals surface area contributed by atoms with Gasteiger partial charge >= 0.3 is 14.0 Å². The highest BCUT2D eigenvalue weighted by molar-refractivity contribution is 7.46. The molecule has 0 spiro atoms. The molecule has 3 aromatic rings. The summed E-state index contributed by atoms with van der Waals surface area (Å²) in [5.74, 6) is -0.151. The molecule has 0 heterocycles. The van der Waals surface area contributed by atoms with Crippen molar-refractivity contribution in [1.29, 1.82) is 0 Å². The summed E-state index contributed by atoms with van der Waals surface area (Å²) in [6, 6.07) is 18.8. The Bertz CT molecular complexity index is 1260. The molecule has 37 heavy (non-hydrogen) atoms. The van der Waals surface area contributed by atoms with Crippen molar-refractivity contribution in [3.05, 3.63) is 83.9 Å². The first-order valence-electron chi connectivity index (χ1n) is 11.0. The maximum Gasteiger partial charge on any atom is 0.469 e. The molecular weight excluding hydrogens is 512 g/mol. The molecular formula is C25H26F3N2O6P. The number of phosphoric acid groups is 1. The number of hydrogen-bond donors (Lipinski definition) is 4. The fourth-order valence-corrected chi connectivity index (χ4v) is 3.65. The van der Waals surface area contributed by atoms with Crippen LogP contribution in [-0.4, -0.2) is 34.4 Å². The predicted molar refractivity (Wildman–Crippen MR) is 132 cm³/mol. The zero-order valence-corrected chi connectivity index (χ0v) is 20.6. The third kappa shape index (κ3) is 8.70. The van der Waals surface area contributed by atoms with Crippen molar-refractivity contribution >= 4 is 19.4 Å². The number of halogens is 3. The number of nitrogens with one attached hydrogen (secondary N) is 1. The minimum Gasteiger partial charge on any atom is -0.493 e. The Balaban J connectivity index is 1.50. The fourth-order valence-electron chi connectivity index (χ4n) is 3.22. The van der Waals surface area contributed by atoms with Crippen LogP contribution in [0.25, 0.3) is 11.1 Å². The SMILES string of the molecule is C[C@](N)(COP(=O)(O)O)C(=O)Nc1ccc(OCCc2ccc(-c3cccc(C(F)(F)F)c3)cc2)cc1. The van der Waals surface area contributed by atoms with Crippen molar-refractivity contribution < 1.29 is 41.6 Å². The molecule has 3 rings (SSSR count). The van der Waals surface area contributed by atoms with Crippen LogP contribution in [0, 0.1) is 0 Å². The van der Waals surface area contributed by atoms with Gasteiger partial charge in [-0.25, -0.2) is 4.57 Å². The maximum atomic E-state index is 13.0. The van der Waals surface area contributed by atoms with Crippen LogP contribution >= 0.6 is 7.82 Å². The smallest absolute Gasteiger partial charge is 0.469 e. The Labute approximate surface area is 211 Å². The van der Waals surface area contributed by atoms with Crippen LogP contribution in [0.15, 0.2) is 72.8 Å². The molecule has 12 heteroatoms. The van der Waals surface area contributed by atoms with E-state index in [-0.39, 0.29) is 0 Å². The third-order valence-corrected chi connectivity index (χ3v) is 5.77. The summed E-state index contributed by atoms with van der Waals surface area (Å²) in [5, 5.41) is 2.54. The highest BCUT2D eigenvalue weighted by Gasteiger charge is 2.32. The summed E-state index contributed by atoms with van der Waals surface area (Å²) in [6.45, 7) is 0.946. The fraction of sp³-hybridized carbons (Fsp3) is 0.240. The van der Waals surface area contributed by atoms with Gasteiger partial charge in [0, 0.05) is 12.1 Å². The lowest BCUT2D eigenvalue weighted by Gasteiger charge is -2.23. The molecule has 5 N–H and O–H groups in total. The number of anilines is 1. The molecule has 8 nitrogen and oxygen atoms in total. The number of nitrogens with two attached hydrogens (primary N) is 1. The van der Waals surface area contributed by atoms with E-state index in [1.807, 2.05) is 12.1 Å². The molecule has 0 fully saturated rings. The van der Waals surface area contributed by atoms with E-state index in [1.165, 1.54) is 13.0 Å². The zero-order chi connectivity index (χ0) is 27.3. The van der Waals surface area contributed by atoms with Crippen molar-refractivity contribution in [2.24, 2.45) is 5.73 Å². The van der Waals surface area contributed by atoms with E-state index < -0.39 is 37.6 Å². The normalized spacial score (nSPS) is 13.6. The molecule has 0 aliphatic heterocycles. The summed E-state index contributed by atoms with van der Waals surface area (Å²) in [4.78, 5) is 29.8. The minimum absolute atomic E-state index is 0.342. The molecule has 3 aromatic carbocycles. The first-order valence-corrected chi connectivity index (χ1v) is 12.6. The van der Waals surface area contributed by atoms with Crippen LogP contribution in [0.1, 0.15) is 18.1 Å². The van der Waals surface area contributed by atoms with Crippen molar-refractivity contribution in [3.63, 3.8) is 0 Å². The zero-order valence-electron chi connectivity index (χ0n) is 19.7. The highest BCUT2D eigenvalue weighted by atomic mass is 31.2. The standard InChI is InChI=1S/C25H26F3N2O6P/c1-24(29,16-36-37(32,33)34)23(31)30-21-9-11-22(12-10-21)35-14-13-17-5-7-18(8-6-17)19-3-2-4-20(15-19)25(26,27)28/h2-12,15H,13-14,16,29H2,1H3,(H,30,31)(H2,32,33,34)/t24-/m0/s1. The van der Waals surface area contributed by atoms with Crippen LogP contribution in [0.3, 0.4) is 0 Å². The van der Waals surface area contributed by atoms with Crippen LogP contribution < -0.4 is 15.8 Å². The van der Waals surface area contributed by atoms with Crippen LogP contribution in [-0.2, 0) is 26.5 Å². The van der Waals surface area contributed by atoms with Crippen LogP contribution in [0.4, 0.5) is 18.9 Å². The van der Waals surface area contributed by atoms with Gasteiger partial charge in [-0.05, 0) is 60.0 Å². The molecule has 0 aromatic heterocycles. The van der Waals surface area contributed by atoms with E-state index in [2.05, 4.69) is 9.84 Å². The van der Waals surface area contributed by atoms with Gasteiger partial charge in [-0.3, -0.25) is 9.32 Å². The van der Waals surface area contributed by atoms with Gasteiger partial charge in [-0.15, -0.1) is 0 Å². The Morgan fingerprint density at radius 1 is 1.00 bits per heavy atom. The second-order valence-corrected chi connectivity index (χ2v) is 9.77. The molecule has 0 aliphatic carbocycles. The molecule has 0 saturated carbocycles. The number of benzene rings is 3. The summed E-state index contributed by atoms with van der Waals surface area (Å²) < 4.78 is 59.7. The van der Waals surface area contributed by atoms with E-state index >= 15 is 0 Å². The van der Waals surface area contributed by atoms with Gasteiger partial charge in [0.2, 0.25) is 5.91 Å². The van der Waals surface area contributed by atoms with Gasteiger partial charge in [0.1, 0.15) is 11.3 Å². The first-order chi connectivity index (χ1) is 17.2. The van der Waals surface area contributed by atoms with E-state index in [4.69, 9.17) is 20.3 Å². The average molecular weight is 538 g/mol. The lowest BCUT2D eigenvalue weighted by atomic mass is 10.0. The third-order valence-electron chi connectivity index (χ3n) is 5.30. The molecule has 0 unspecified atom stereocenters. The monoisotopic (exact) mass is 538 g/mol. The maximum absolute atomic E-state index is 13.0. The molecule has 0 aliphatic rings. The van der Waals surface area contributed by atoms with Gasteiger partial charge < -0.3 is 25.6 Å². The molecule has 0 radical (unpaired) electrons. The van der Waals surface area contributed by atoms with Crippen LogP contribution in [0.5, 0.6) is 5.75 Å².